The van der Waals surface area contributed by atoms with Crippen LogP contribution in [0.15, 0.2) is 0 Å². The summed E-state index contributed by atoms with van der Waals surface area (Å²) < 4.78 is 0. The van der Waals surface area contributed by atoms with E-state index in [0.717, 1.165) is 38.8 Å². The molecular formula is C13H25N3OS. The van der Waals surface area contributed by atoms with Crippen molar-refractivity contribution in [1.82, 2.24) is 10.2 Å². The Morgan fingerprint density at radius 1 is 1.22 bits per heavy atom. The first-order valence-corrected chi connectivity index (χ1v) is 7.33. The van der Waals surface area contributed by atoms with Gasteiger partial charge < -0.3 is 16.0 Å². The Balaban J connectivity index is 2.68. The van der Waals surface area contributed by atoms with Crippen LogP contribution in [0.3, 0.4) is 0 Å². The fourth-order valence-electron chi connectivity index (χ4n) is 2.39. The van der Waals surface area contributed by atoms with Gasteiger partial charge >= 0.3 is 6.03 Å². The van der Waals surface area contributed by atoms with Crippen molar-refractivity contribution in [2.45, 2.75) is 57.9 Å². The lowest BCUT2D eigenvalue weighted by molar-refractivity contribution is 0.190. The Kier molecular flexibility index (Phi) is 5.85. The van der Waals surface area contributed by atoms with E-state index in [2.05, 4.69) is 5.32 Å². The zero-order valence-electron chi connectivity index (χ0n) is 11.5. The predicted octanol–water partition coefficient (Wildman–Crippen LogP) is 2.42. The number of amides is 2. The van der Waals surface area contributed by atoms with Crippen molar-refractivity contribution in [3.05, 3.63) is 0 Å². The number of carbonyl (C=O) groups excluding carboxylic acids is 1. The highest BCUT2D eigenvalue weighted by Gasteiger charge is 2.32. The zero-order valence-corrected chi connectivity index (χ0v) is 12.3. The number of rotatable bonds is 4. The van der Waals surface area contributed by atoms with E-state index in [1.807, 2.05) is 18.7 Å². The number of carbonyl (C=O) groups is 1. The molecule has 0 saturated carbocycles. The number of thiocarbonyl (C=S) groups is 1. The lowest BCUT2D eigenvalue weighted by atomic mass is 9.93. The molecule has 2 amide bonds. The molecule has 1 rings (SSSR count). The van der Waals surface area contributed by atoms with Gasteiger partial charge in [0.2, 0.25) is 0 Å². The molecular weight excluding hydrogens is 246 g/mol. The summed E-state index contributed by atoms with van der Waals surface area (Å²) >= 11 is 5.12. The van der Waals surface area contributed by atoms with Crippen LogP contribution in [0.5, 0.6) is 0 Å². The molecule has 0 radical (unpaired) electrons. The second kappa shape index (κ2) is 6.92. The third-order valence-electron chi connectivity index (χ3n) is 3.92. The number of hydrogen-bond donors (Lipinski definition) is 2. The van der Waals surface area contributed by atoms with Crippen LogP contribution in [-0.2, 0) is 0 Å². The molecule has 1 aliphatic rings. The standard InChI is InChI=1S/C13H25N3OS/c1-3-13(4-2,11(14)18)15-12(17)16-9-7-5-6-8-10-16/h3-10H2,1-2H3,(H2,14,18)(H,15,17). The normalized spacial score (nSPS) is 17.1. The van der Waals surface area contributed by atoms with Crippen LogP contribution >= 0.6 is 12.2 Å². The van der Waals surface area contributed by atoms with Crippen molar-refractivity contribution in [3.63, 3.8) is 0 Å². The van der Waals surface area contributed by atoms with Gasteiger partial charge in [0.15, 0.2) is 0 Å². The second-order valence-electron chi connectivity index (χ2n) is 4.98. The van der Waals surface area contributed by atoms with E-state index in [9.17, 15) is 4.79 Å². The van der Waals surface area contributed by atoms with Gasteiger partial charge in [-0.1, -0.05) is 38.9 Å². The number of hydrogen-bond acceptors (Lipinski definition) is 2. The van der Waals surface area contributed by atoms with Crippen molar-refractivity contribution in [2.75, 3.05) is 13.1 Å². The van der Waals surface area contributed by atoms with Gasteiger partial charge in [-0.05, 0) is 25.7 Å². The Labute approximate surface area is 115 Å². The summed E-state index contributed by atoms with van der Waals surface area (Å²) in [6, 6.07) is -0.0200. The summed E-state index contributed by atoms with van der Waals surface area (Å²) in [5.41, 5.74) is 5.27. The molecule has 0 aromatic carbocycles. The quantitative estimate of drug-likeness (QED) is 0.772. The van der Waals surface area contributed by atoms with E-state index in [1.165, 1.54) is 12.8 Å². The minimum Gasteiger partial charge on any atom is -0.391 e. The van der Waals surface area contributed by atoms with Gasteiger partial charge in [0.05, 0.1) is 10.5 Å². The summed E-state index contributed by atoms with van der Waals surface area (Å²) in [6.45, 7) is 5.69. The Hall–Kier alpha value is -0.840. The van der Waals surface area contributed by atoms with Gasteiger partial charge in [-0.25, -0.2) is 4.79 Å². The highest BCUT2D eigenvalue weighted by molar-refractivity contribution is 7.80. The fourth-order valence-corrected chi connectivity index (χ4v) is 2.73. The van der Waals surface area contributed by atoms with Gasteiger partial charge in [-0.2, -0.15) is 0 Å². The lowest BCUT2D eigenvalue weighted by Crippen LogP contribution is -2.59. The maximum atomic E-state index is 12.3. The van der Waals surface area contributed by atoms with Crippen LogP contribution in [0.4, 0.5) is 4.79 Å². The Morgan fingerprint density at radius 3 is 2.11 bits per heavy atom. The molecule has 1 saturated heterocycles. The maximum Gasteiger partial charge on any atom is 0.318 e. The maximum absolute atomic E-state index is 12.3. The van der Waals surface area contributed by atoms with Gasteiger partial charge in [-0.3, -0.25) is 0 Å². The van der Waals surface area contributed by atoms with Crippen LogP contribution in [0, 0.1) is 0 Å². The second-order valence-corrected chi connectivity index (χ2v) is 5.42. The van der Waals surface area contributed by atoms with E-state index in [4.69, 9.17) is 18.0 Å². The zero-order chi connectivity index (χ0) is 13.6. The van der Waals surface area contributed by atoms with Crippen LogP contribution in [0.25, 0.3) is 0 Å². The molecule has 1 aliphatic heterocycles. The number of nitrogens with one attached hydrogen (secondary N) is 1. The molecule has 0 aromatic rings. The van der Waals surface area contributed by atoms with E-state index in [1.54, 1.807) is 0 Å². The van der Waals surface area contributed by atoms with Crippen LogP contribution < -0.4 is 11.1 Å². The average molecular weight is 271 g/mol. The van der Waals surface area contributed by atoms with Crippen molar-refractivity contribution in [2.24, 2.45) is 5.73 Å². The first-order valence-electron chi connectivity index (χ1n) is 6.92. The van der Waals surface area contributed by atoms with Crippen molar-refractivity contribution >= 4 is 23.2 Å². The molecule has 3 N–H and O–H groups in total. The van der Waals surface area contributed by atoms with Gasteiger partial charge in [-0.15, -0.1) is 0 Å². The average Bonchev–Trinajstić information content (AvgIpc) is 2.64. The monoisotopic (exact) mass is 271 g/mol. The summed E-state index contributed by atoms with van der Waals surface area (Å²) in [6.07, 6.45) is 6.08. The van der Waals surface area contributed by atoms with E-state index in [-0.39, 0.29) is 6.03 Å². The SMILES string of the molecule is CCC(CC)(NC(=O)N1CCCCCC1)C(N)=S. The van der Waals surface area contributed by atoms with E-state index in [0.29, 0.717) is 4.99 Å². The molecule has 18 heavy (non-hydrogen) atoms. The largest absolute Gasteiger partial charge is 0.391 e. The molecule has 104 valence electrons. The minimum atomic E-state index is -0.529. The van der Waals surface area contributed by atoms with Crippen molar-refractivity contribution in [1.29, 1.82) is 0 Å². The topological polar surface area (TPSA) is 58.4 Å². The van der Waals surface area contributed by atoms with Gasteiger partial charge in [0, 0.05) is 13.1 Å². The van der Waals surface area contributed by atoms with Gasteiger partial charge in [0.1, 0.15) is 0 Å². The highest BCUT2D eigenvalue weighted by atomic mass is 32.1. The summed E-state index contributed by atoms with van der Waals surface area (Å²) in [4.78, 5) is 14.6. The number of nitrogens with two attached hydrogens (primary N) is 1. The lowest BCUT2D eigenvalue weighted by Gasteiger charge is -2.34. The smallest absolute Gasteiger partial charge is 0.318 e. The third-order valence-corrected chi connectivity index (χ3v) is 4.31. The molecule has 0 aliphatic carbocycles. The van der Waals surface area contributed by atoms with Crippen LogP contribution in [0.1, 0.15) is 52.4 Å². The molecule has 1 fully saturated rings. The van der Waals surface area contributed by atoms with Crippen LogP contribution in [0.2, 0.25) is 0 Å². The summed E-state index contributed by atoms with van der Waals surface area (Å²) in [5, 5.41) is 3.05. The third kappa shape index (κ3) is 3.57. The van der Waals surface area contributed by atoms with E-state index < -0.39 is 5.54 Å². The number of urea groups is 1. The van der Waals surface area contributed by atoms with Gasteiger partial charge in [0.25, 0.3) is 0 Å². The van der Waals surface area contributed by atoms with Crippen molar-refractivity contribution < 1.29 is 4.79 Å². The van der Waals surface area contributed by atoms with E-state index >= 15 is 0 Å². The summed E-state index contributed by atoms with van der Waals surface area (Å²) in [7, 11) is 0. The molecule has 4 nitrogen and oxygen atoms in total. The fraction of sp³-hybridized carbons (Fsp3) is 0.846. The first-order chi connectivity index (χ1) is 8.55. The number of nitrogens with zero attached hydrogens (tertiary/aromatic N) is 1. The Bertz CT molecular complexity index is 295. The highest BCUT2D eigenvalue weighted by Crippen LogP contribution is 2.17. The molecule has 1 heterocycles. The molecule has 0 atom stereocenters. The first kappa shape index (κ1) is 15.2. The molecule has 0 bridgehead atoms. The molecule has 0 spiro atoms. The predicted molar refractivity (Wildman–Crippen MR) is 78.7 cm³/mol. The molecule has 5 heteroatoms. The molecule has 0 aromatic heterocycles. The van der Waals surface area contributed by atoms with Crippen molar-refractivity contribution in [3.8, 4) is 0 Å². The minimum absolute atomic E-state index is 0.0200. The molecule has 0 unspecified atom stereocenters. The summed E-state index contributed by atoms with van der Waals surface area (Å²) in [5.74, 6) is 0. The number of likely N-dealkylation sites (tertiary alicyclic amines) is 1. The Morgan fingerprint density at radius 2 is 1.72 bits per heavy atom. The van der Waals surface area contributed by atoms with Crippen LogP contribution in [-0.4, -0.2) is 34.5 Å².